The number of rotatable bonds is 3. The highest BCUT2D eigenvalue weighted by Gasteiger charge is 2.21. The molecule has 0 heterocycles. The first kappa shape index (κ1) is 12.6. The van der Waals surface area contributed by atoms with E-state index in [1.807, 2.05) is 0 Å². The topological polar surface area (TPSA) is 112 Å². The molecule has 19 heavy (non-hydrogen) atoms. The molecule has 0 aliphatic heterocycles. The van der Waals surface area contributed by atoms with E-state index in [2.05, 4.69) is 0 Å². The van der Waals surface area contributed by atoms with Gasteiger partial charge in [-0.15, -0.1) is 0 Å². The van der Waals surface area contributed by atoms with Crippen LogP contribution in [-0.4, -0.2) is 11.7 Å². The smallest absolute Gasteiger partial charge is 0.249 e. The monoisotopic (exact) mass is 255 g/mol. The number of carbonyl (C=O) groups excluding carboxylic acids is 2. The van der Waals surface area contributed by atoms with Crippen molar-refractivity contribution < 1.29 is 9.59 Å². The summed E-state index contributed by atoms with van der Waals surface area (Å²) in [5.74, 6) is -1.09. The molecule has 0 saturated carbocycles. The van der Waals surface area contributed by atoms with Crippen LogP contribution in [0.15, 0.2) is 42.5 Å². The van der Waals surface area contributed by atoms with E-state index < -0.39 is 5.91 Å². The highest BCUT2D eigenvalue weighted by Crippen LogP contribution is 2.26. The number of carbonyl (C=O) groups is 2. The van der Waals surface area contributed by atoms with E-state index in [0.717, 1.165) is 0 Å². The number of anilines is 2. The van der Waals surface area contributed by atoms with Gasteiger partial charge in [-0.25, -0.2) is 0 Å². The Labute approximate surface area is 110 Å². The molecule has 2 rings (SSSR count). The molecule has 0 saturated heterocycles. The van der Waals surface area contributed by atoms with Gasteiger partial charge < -0.3 is 17.2 Å². The van der Waals surface area contributed by atoms with E-state index in [4.69, 9.17) is 17.2 Å². The van der Waals surface area contributed by atoms with Crippen LogP contribution in [0.5, 0.6) is 0 Å². The molecule has 0 bridgehead atoms. The number of nitrogens with two attached hydrogens (primary N) is 3. The summed E-state index contributed by atoms with van der Waals surface area (Å²) in [5, 5.41) is 0. The van der Waals surface area contributed by atoms with Crippen LogP contribution in [0.4, 0.5) is 11.4 Å². The van der Waals surface area contributed by atoms with E-state index in [9.17, 15) is 9.59 Å². The van der Waals surface area contributed by atoms with Gasteiger partial charge in [0.1, 0.15) is 0 Å². The van der Waals surface area contributed by atoms with E-state index in [-0.39, 0.29) is 28.3 Å². The average Bonchev–Trinajstić information content (AvgIpc) is 2.41. The second-order valence-electron chi connectivity index (χ2n) is 4.05. The molecular formula is C14H13N3O2. The standard InChI is InChI=1S/C14H13N3O2/c15-10-7-6-9(14(17)19)11(12(10)16)13(18)8-4-2-1-3-5-8/h1-7H,15-16H2,(H2,17,19). The van der Waals surface area contributed by atoms with Gasteiger partial charge in [0.05, 0.1) is 22.5 Å². The number of hydrogen-bond donors (Lipinski definition) is 3. The molecular weight excluding hydrogens is 242 g/mol. The number of hydrogen-bond acceptors (Lipinski definition) is 4. The van der Waals surface area contributed by atoms with Gasteiger partial charge in [0, 0.05) is 5.56 Å². The van der Waals surface area contributed by atoms with Crippen molar-refractivity contribution in [3.05, 3.63) is 59.2 Å². The molecule has 0 unspecified atom stereocenters. The van der Waals surface area contributed by atoms with Crippen LogP contribution >= 0.6 is 0 Å². The van der Waals surface area contributed by atoms with Gasteiger partial charge in [-0.05, 0) is 12.1 Å². The Morgan fingerprint density at radius 1 is 0.895 bits per heavy atom. The Kier molecular flexibility index (Phi) is 3.20. The molecule has 1 amide bonds. The molecule has 5 nitrogen and oxygen atoms in total. The largest absolute Gasteiger partial charge is 0.397 e. The fourth-order valence-electron chi connectivity index (χ4n) is 1.82. The van der Waals surface area contributed by atoms with Crippen molar-refractivity contribution in [3.63, 3.8) is 0 Å². The van der Waals surface area contributed by atoms with Crippen molar-refractivity contribution in [3.8, 4) is 0 Å². The van der Waals surface area contributed by atoms with Gasteiger partial charge in [-0.1, -0.05) is 30.3 Å². The minimum absolute atomic E-state index is 0.0544. The molecule has 0 aromatic heterocycles. The third-order valence-corrected chi connectivity index (χ3v) is 2.81. The predicted octanol–water partition coefficient (Wildman–Crippen LogP) is 1.18. The molecule has 96 valence electrons. The molecule has 0 spiro atoms. The first-order valence-electron chi connectivity index (χ1n) is 5.60. The van der Waals surface area contributed by atoms with Gasteiger partial charge in [0.2, 0.25) is 5.91 Å². The summed E-state index contributed by atoms with van der Waals surface area (Å²) in [5.41, 5.74) is 17.6. The van der Waals surface area contributed by atoms with Gasteiger partial charge in [0.15, 0.2) is 5.78 Å². The second-order valence-corrected chi connectivity index (χ2v) is 4.05. The Hall–Kier alpha value is -2.82. The fourth-order valence-corrected chi connectivity index (χ4v) is 1.82. The van der Waals surface area contributed by atoms with Crippen LogP contribution in [0, 0.1) is 0 Å². The van der Waals surface area contributed by atoms with Gasteiger partial charge in [0.25, 0.3) is 0 Å². The molecule has 2 aromatic rings. The lowest BCUT2D eigenvalue weighted by molar-refractivity contribution is 0.0981. The highest BCUT2D eigenvalue weighted by atomic mass is 16.1. The van der Waals surface area contributed by atoms with Crippen LogP contribution < -0.4 is 17.2 Å². The number of primary amides is 1. The molecule has 6 N–H and O–H groups in total. The third kappa shape index (κ3) is 2.26. The quantitative estimate of drug-likeness (QED) is 0.564. The van der Waals surface area contributed by atoms with Crippen LogP contribution in [-0.2, 0) is 0 Å². The first-order chi connectivity index (χ1) is 9.02. The van der Waals surface area contributed by atoms with Gasteiger partial charge in [-0.2, -0.15) is 0 Å². The maximum absolute atomic E-state index is 12.4. The SMILES string of the molecule is NC(=O)c1ccc(N)c(N)c1C(=O)c1ccccc1. The minimum Gasteiger partial charge on any atom is -0.397 e. The zero-order valence-electron chi connectivity index (χ0n) is 10.1. The maximum Gasteiger partial charge on any atom is 0.249 e. The summed E-state index contributed by atoms with van der Waals surface area (Å²) in [4.78, 5) is 23.8. The Morgan fingerprint density at radius 2 is 1.53 bits per heavy atom. The molecule has 0 fully saturated rings. The molecule has 0 atom stereocenters. The van der Waals surface area contributed by atoms with Gasteiger partial charge in [-0.3, -0.25) is 9.59 Å². The Morgan fingerprint density at radius 3 is 2.11 bits per heavy atom. The lowest BCUT2D eigenvalue weighted by Gasteiger charge is -2.11. The number of ketones is 1. The minimum atomic E-state index is -0.717. The summed E-state index contributed by atoms with van der Waals surface area (Å²) in [6.07, 6.45) is 0. The highest BCUT2D eigenvalue weighted by molar-refractivity contribution is 6.19. The normalized spacial score (nSPS) is 10.1. The van der Waals surface area contributed by atoms with E-state index in [0.29, 0.717) is 5.56 Å². The number of benzene rings is 2. The zero-order valence-corrected chi connectivity index (χ0v) is 10.1. The third-order valence-electron chi connectivity index (χ3n) is 2.81. The summed E-state index contributed by atoms with van der Waals surface area (Å²) < 4.78 is 0. The number of nitrogen functional groups attached to an aromatic ring is 2. The molecule has 0 radical (unpaired) electrons. The Bertz CT molecular complexity index is 651. The lowest BCUT2D eigenvalue weighted by atomic mass is 9.95. The van der Waals surface area contributed by atoms with Crippen molar-refractivity contribution >= 4 is 23.1 Å². The van der Waals surface area contributed by atoms with Crippen LogP contribution in [0.1, 0.15) is 26.3 Å². The van der Waals surface area contributed by atoms with Crippen molar-refractivity contribution in [2.75, 3.05) is 11.5 Å². The predicted molar refractivity (Wildman–Crippen MR) is 73.7 cm³/mol. The van der Waals surface area contributed by atoms with Gasteiger partial charge >= 0.3 is 0 Å². The van der Waals surface area contributed by atoms with Crippen LogP contribution in [0.3, 0.4) is 0 Å². The molecule has 5 heteroatoms. The van der Waals surface area contributed by atoms with Crippen LogP contribution in [0.2, 0.25) is 0 Å². The lowest BCUT2D eigenvalue weighted by Crippen LogP contribution is -2.19. The zero-order chi connectivity index (χ0) is 14.0. The first-order valence-corrected chi connectivity index (χ1v) is 5.60. The van der Waals surface area contributed by atoms with Crippen LogP contribution in [0.25, 0.3) is 0 Å². The van der Waals surface area contributed by atoms with E-state index in [1.165, 1.54) is 12.1 Å². The summed E-state index contributed by atoms with van der Waals surface area (Å²) >= 11 is 0. The van der Waals surface area contributed by atoms with Crippen molar-refractivity contribution in [1.29, 1.82) is 0 Å². The van der Waals surface area contributed by atoms with Crippen molar-refractivity contribution in [2.24, 2.45) is 5.73 Å². The Balaban J connectivity index is 2.64. The number of amides is 1. The molecule has 0 aliphatic carbocycles. The van der Waals surface area contributed by atoms with E-state index in [1.54, 1.807) is 30.3 Å². The fraction of sp³-hybridized carbons (Fsp3) is 0. The van der Waals surface area contributed by atoms with E-state index >= 15 is 0 Å². The summed E-state index contributed by atoms with van der Waals surface area (Å²) in [7, 11) is 0. The average molecular weight is 255 g/mol. The summed E-state index contributed by atoms with van der Waals surface area (Å²) in [6.45, 7) is 0. The summed E-state index contributed by atoms with van der Waals surface area (Å²) in [6, 6.07) is 11.4. The molecule has 0 aliphatic rings. The van der Waals surface area contributed by atoms with Crippen molar-refractivity contribution in [2.45, 2.75) is 0 Å². The molecule has 2 aromatic carbocycles. The maximum atomic E-state index is 12.4. The second kappa shape index (κ2) is 4.81. The van der Waals surface area contributed by atoms with Crippen molar-refractivity contribution in [1.82, 2.24) is 0 Å².